The Morgan fingerprint density at radius 1 is 1.09 bits per heavy atom. The van der Waals surface area contributed by atoms with E-state index in [0.717, 1.165) is 9.21 Å². The van der Waals surface area contributed by atoms with Crippen LogP contribution in [0, 0.1) is 0 Å². The van der Waals surface area contributed by atoms with Crippen molar-refractivity contribution in [3.63, 3.8) is 0 Å². The molecule has 0 spiro atoms. The van der Waals surface area contributed by atoms with Crippen molar-refractivity contribution in [1.82, 2.24) is 4.90 Å². The average Bonchev–Trinajstić information content (AvgIpc) is 3.32. The molecule has 0 unspecified atom stereocenters. The van der Waals surface area contributed by atoms with Gasteiger partial charge in [0.2, 0.25) is 0 Å². The van der Waals surface area contributed by atoms with Gasteiger partial charge in [0.1, 0.15) is 11.6 Å². The third kappa shape index (κ3) is 3.37. The van der Waals surface area contributed by atoms with Gasteiger partial charge in [-0.2, -0.15) is 0 Å². The standard InChI is InChI=1S/C23H24N2O7S/c1-4-14-32-23-15-19(20(26)30-2)24(22(27)31-3)21(23)25(18-13-9-8-12-17(18)23)33(28,29)16-10-6-5-7-11-16/h4-13,19,21H,1,14-15H2,2-3H3/t19-,21-,23-/m0/s1. The lowest BCUT2D eigenvalue weighted by Gasteiger charge is -2.36. The van der Waals surface area contributed by atoms with Crippen LogP contribution < -0.4 is 4.31 Å². The zero-order chi connectivity index (χ0) is 23.8. The van der Waals surface area contributed by atoms with Gasteiger partial charge in [0.25, 0.3) is 10.0 Å². The highest BCUT2D eigenvalue weighted by atomic mass is 32.2. The van der Waals surface area contributed by atoms with Crippen LogP contribution in [-0.2, 0) is 34.6 Å². The maximum absolute atomic E-state index is 13.9. The molecule has 2 aliphatic heterocycles. The van der Waals surface area contributed by atoms with Crippen molar-refractivity contribution in [2.45, 2.75) is 29.1 Å². The molecule has 33 heavy (non-hydrogen) atoms. The highest BCUT2D eigenvalue weighted by Gasteiger charge is 2.67. The molecule has 174 valence electrons. The van der Waals surface area contributed by atoms with Crippen molar-refractivity contribution in [3.05, 3.63) is 72.8 Å². The highest BCUT2D eigenvalue weighted by Crippen LogP contribution is 2.56. The minimum atomic E-state index is -4.17. The Labute approximate surface area is 192 Å². The number of anilines is 1. The molecule has 0 aliphatic carbocycles. The van der Waals surface area contributed by atoms with Crippen LogP contribution in [-0.4, -0.2) is 58.4 Å². The molecule has 10 heteroatoms. The summed E-state index contributed by atoms with van der Waals surface area (Å²) in [5, 5.41) is 0. The van der Waals surface area contributed by atoms with Gasteiger partial charge in [0.15, 0.2) is 6.17 Å². The number of nitrogens with zero attached hydrogens (tertiary/aromatic N) is 2. The van der Waals surface area contributed by atoms with Crippen molar-refractivity contribution in [1.29, 1.82) is 0 Å². The number of esters is 1. The van der Waals surface area contributed by atoms with E-state index in [1.54, 1.807) is 42.5 Å². The molecule has 3 atom stereocenters. The van der Waals surface area contributed by atoms with Gasteiger partial charge in [-0.15, -0.1) is 6.58 Å². The molecule has 2 aliphatic rings. The fourth-order valence-corrected chi connectivity index (χ4v) is 6.33. The SMILES string of the molecule is C=CCO[C@]12C[C@@H](C(=O)OC)N(C(=O)OC)[C@H]1N(S(=O)(=O)c1ccccc1)c1ccccc12. The number of likely N-dealkylation sites (tertiary alicyclic amines) is 1. The van der Waals surface area contributed by atoms with Crippen LogP contribution in [0.15, 0.2) is 72.1 Å². The second-order valence-corrected chi connectivity index (χ2v) is 9.43. The third-order valence-electron chi connectivity index (χ3n) is 5.95. The quantitative estimate of drug-likeness (QED) is 0.470. The first kappa shape index (κ1) is 22.8. The molecule has 1 fully saturated rings. The second kappa shape index (κ2) is 8.53. The van der Waals surface area contributed by atoms with E-state index in [0.29, 0.717) is 11.3 Å². The second-order valence-electron chi connectivity index (χ2n) is 7.61. The lowest BCUT2D eigenvalue weighted by molar-refractivity contribution is -0.145. The lowest BCUT2D eigenvalue weighted by atomic mass is 9.90. The van der Waals surface area contributed by atoms with Crippen LogP contribution in [0.3, 0.4) is 0 Å². The molecular formula is C23H24N2O7S. The van der Waals surface area contributed by atoms with Gasteiger partial charge in [0.05, 0.1) is 31.4 Å². The predicted octanol–water partition coefficient (Wildman–Crippen LogP) is 2.63. The van der Waals surface area contributed by atoms with E-state index in [1.165, 1.54) is 32.4 Å². The van der Waals surface area contributed by atoms with E-state index in [2.05, 4.69) is 6.58 Å². The van der Waals surface area contributed by atoms with Gasteiger partial charge in [0, 0.05) is 12.0 Å². The Hall–Kier alpha value is -3.37. The number of rotatable bonds is 6. The third-order valence-corrected chi connectivity index (χ3v) is 7.73. The molecule has 0 bridgehead atoms. The van der Waals surface area contributed by atoms with Gasteiger partial charge < -0.3 is 14.2 Å². The van der Waals surface area contributed by atoms with E-state index in [1.807, 2.05) is 0 Å². The zero-order valence-corrected chi connectivity index (χ0v) is 19.0. The number of benzene rings is 2. The van der Waals surface area contributed by atoms with Crippen LogP contribution >= 0.6 is 0 Å². The van der Waals surface area contributed by atoms with Crippen molar-refractivity contribution >= 4 is 27.8 Å². The molecule has 2 aromatic carbocycles. The number of ether oxygens (including phenoxy) is 3. The number of amides is 1. The molecule has 2 aromatic rings. The molecule has 4 rings (SSSR count). The Kier molecular flexibility index (Phi) is 5.89. The van der Waals surface area contributed by atoms with Crippen LogP contribution in [0.4, 0.5) is 10.5 Å². The number of hydrogen-bond acceptors (Lipinski definition) is 7. The summed E-state index contributed by atoms with van der Waals surface area (Å²) < 4.78 is 45.1. The van der Waals surface area contributed by atoms with Gasteiger partial charge >= 0.3 is 12.1 Å². The summed E-state index contributed by atoms with van der Waals surface area (Å²) in [7, 11) is -1.80. The Balaban J connectivity index is 2.00. The van der Waals surface area contributed by atoms with E-state index in [-0.39, 0.29) is 17.9 Å². The molecule has 1 amide bonds. The van der Waals surface area contributed by atoms with Gasteiger partial charge in [-0.1, -0.05) is 42.5 Å². The molecule has 1 saturated heterocycles. The number of carbonyl (C=O) groups excluding carboxylic acids is 2. The summed E-state index contributed by atoms with van der Waals surface area (Å²) in [4.78, 5) is 26.8. The Bertz CT molecular complexity index is 1180. The highest BCUT2D eigenvalue weighted by molar-refractivity contribution is 7.92. The molecular weight excluding hydrogens is 448 g/mol. The van der Waals surface area contributed by atoms with Crippen molar-refractivity contribution in [2.75, 3.05) is 25.1 Å². The average molecular weight is 473 g/mol. The van der Waals surface area contributed by atoms with Gasteiger partial charge in [-0.3, -0.25) is 4.90 Å². The zero-order valence-electron chi connectivity index (χ0n) is 18.2. The largest absolute Gasteiger partial charge is 0.467 e. The summed E-state index contributed by atoms with van der Waals surface area (Å²) in [5.41, 5.74) is -0.455. The topological polar surface area (TPSA) is 102 Å². The summed E-state index contributed by atoms with van der Waals surface area (Å²) in [6.07, 6.45) is -0.598. The Morgan fingerprint density at radius 3 is 2.39 bits per heavy atom. The van der Waals surface area contributed by atoms with E-state index < -0.39 is 39.9 Å². The first-order chi connectivity index (χ1) is 15.8. The fourth-order valence-electron chi connectivity index (χ4n) is 4.64. The number of carbonyl (C=O) groups is 2. The lowest BCUT2D eigenvalue weighted by Crippen LogP contribution is -2.56. The summed E-state index contributed by atoms with van der Waals surface area (Å²) >= 11 is 0. The molecule has 0 saturated carbocycles. The van der Waals surface area contributed by atoms with Crippen LogP contribution in [0.1, 0.15) is 12.0 Å². The van der Waals surface area contributed by atoms with Gasteiger partial charge in [-0.25, -0.2) is 22.3 Å². The minimum absolute atomic E-state index is 0.0227. The van der Waals surface area contributed by atoms with E-state index in [9.17, 15) is 18.0 Å². The number of hydrogen-bond donors (Lipinski definition) is 0. The number of sulfonamides is 1. The molecule has 0 N–H and O–H groups in total. The number of methoxy groups -OCH3 is 2. The predicted molar refractivity (Wildman–Crippen MR) is 119 cm³/mol. The molecule has 0 aromatic heterocycles. The fraction of sp³-hybridized carbons (Fsp3) is 0.304. The summed E-state index contributed by atoms with van der Waals surface area (Å²) in [5.74, 6) is -0.703. The maximum atomic E-state index is 13.9. The minimum Gasteiger partial charge on any atom is -0.467 e. The molecule has 0 radical (unpaired) electrons. The van der Waals surface area contributed by atoms with Crippen molar-refractivity contribution < 1.29 is 32.2 Å². The number of para-hydroxylation sites is 1. The maximum Gasteiger partial charge on any atom is 0.412 e. The number of fused-ring (bicyclic) bond motifs is 3. The van der Waals surface area contributed by atoms with E-state index in [4.69, 9.17) is 14.2 Å². The van der Waals surface area contributed by atoms with Gasteiger partial charge in [-0.05, 0) is 18.2 Å². The van der Waals surface area contributed by atoms with Crippen molar-refractivity contribution in [2.24, 2.45) is 0 Å². The smallest absolute Gasteiger partial charge is 0.412 e. The Morgan fingerprint density at radius 2 is 1.76 bits per heavy atom. The van der Waals surface area contributed by atoms with E-state index >= 15 is 0 Å². The molecule has 9 nitrogen and oxygen atoms in total. The van der Waals surface area contributed by atoms with Crippen LogP contribution in [0.25, 0.3) is 0 Å². The summed E-state index contributed by atoms with van der Waals surface area (Å²) in [6.45, 7) is 3.75. The van der Waals surface area contributed by atoms with Crippen LogP contribution in [0.5, 0.6) is 0 Å². The first-order valence-corrected chi connectivity index (χ1v) is 11.7. The molecule has 2 heterocycles. The summed E-state index contributed by atoms with van der Waals surface area (Å²) in [6, 6.07) is 13.6. The first-order valence-electron chi connectivity index (χ1n) is 10.2. The monoisotopic (exact) mass is 472 g/mol. The van der Waals surface area contributed by atoms with Crippen LogP contribution in [0.2, 0.25) is 0 Å². The van der Waals surface area contributed by atoms with Crippen molar-refractivity contribution in [3.8, 4) is 0 Å². The normalized spacial score (nSPS) is 23.6.